The fourth-order valence-electron chi connectivity index (χ4n) is 2.97. The Labute approximate surface area is 146 Å². The van der Waals surface area contributed by atoms with E-state index in [1.165, 1.54) is 0 Å². The first-order valence-electron chi connectivity index (χ1n) is 8.54. The summed E-state index contributed by atoms with van der Waals surface area (Å²) in [6.45, 7) is 3.42. The zero-order chi connectivity index (χ0) is 17.6. The molecular formula is C17H23N3O5. The van der Waals surface area contributed by atoms with Crippen LogP contribution in [0.3, 0.4) is 0 Å². The average Bonchev–Trinajstić information content (AvgIpc) is 2.92. The fraction of sp³-hybridized carbons (Fsp3) is 0.529. The number of amides is 3. The maximum atomic E-state index is 12.3. The normalized spacial score (nSPS) is 19.1. The summed E-state index contributed by atoms with van der Waals surface area (Å²) in [6, 6.07) is 4.81. The van der Waals surface area contributed by atoms with Crippen LogP contribution in [0.25, 0.3) is 0 Å². The second-order valence-electron chi connectivity index (χ2n) is 6.00. The third-order valence-corrected chi connectivity index (χ3v) is 4.16. The summed E-state index contributed by atoms with van der Waals surface area (Å²) in [5.74, 6) is 1.28. The number of ether oxygens (including phenoxy) is 3. The highest BCUT2D eigenvalue weighted by molar-refractivity contribution is 5.90. The highest BCUT2D eigenvalue weighted by atomic mass is 16.7. The molecule has 136 valence electrons. The molecule has 2 aliphatic heterocycles. The van der Waals surface area contributed by atoms with Crippen molar-refractivity contribution < 1.29 is 23.8 Å². The molecule has 3 amide bonds. The van der Waals surface area contributed by atoms with Gasteiger partial charge in [-0.3, -0.25) is 0 Å². The van der Waals surface area contributed by atoms with E-state index in [0.717, 1.165) is 19.3 Å². The van der Waals surface area contributed by atoms with Crippen LogP contribution in [0.5, 0.6) is 11.5 Å². The number of nitrogens with one attached hydrogen (secondary N) is 2. The van der Waals surface area contributed by atoms with Crippen molar-refractivity contribution in [3.05, 3.63) is 18.2 Å². The molecule has 3 rings (SSSR count). The summed E-state index contributed by atoms with van der Waals surface area (Å²) < 4.78 is 15.6. The van der Waals surface area contributed by atoms with Crippen molar-refractivity contribution in [3.8, 4) is 11.5 Å². The van der Waals surface area contributed by atoms with Crippen LogP contribution in [-0.2, 0) is 4.74 Å². The summed E-state index contributed by atoms with van der Waals surface area (Å²) in [6.07, 6.45) is 2.35. The van der Waals surface area contributed by atoms with Crippen molar-refractivity contribution in [1.82, 2.24) is 10.2 Å². The molecule has 0 unspecified atom stereocenters. The van der Waals surface area contributed by atoms with Crippen LogP contribution in [0.4, 0.5) is 15.3 Å². The molecule has 0 saturated carbocycles. The summed E-state index contributed by atoms with van der Waals surface area (Å²) >= 11 is 0. The molecule has 0 spiro atoms. The topological polar surface area (TPSA) is 89.1 Å². The standard InChI is InChI=1S/C17H23N3O5/c1-2-23-17(22)20-8-4-3-5-13(10-20)19-16(21)18-12-6-7-14-15(9-12)25-11-24-14/h6-7,9,13H,2-5,8,10-11H2,1H3,(H2,18,19,21)/t13-/m0/s1. The number of hydrogen-bond donors (Lipinski definition) is 2. The Bertz CT molecular complexity index is 637. The molecule has 8 nitrogen and oxygen atoms in total. The van der Waals surface area contributed by atoms with E-state index < -0.39 is 0 Å². The van der Waals surface area contributed by atoms with E-state index in [4.69, 9.17) is 14.2 Å². The van der Waals surface area contributed by atoms with Crippen molar-refractivity contribution in [2.45, 2.75) is 32.2 Å². The van der Waals surface area contributed by atoms with Gasteiger partial charge in [0.2, 0.25) is 6.79 Å². The first-order valence-corrected chi connectivity index (χ1v) is 8.54. The molecule has 2 heterocycles. The second kappa shape index (κ2) is 7.96. The zero-order valence-electron chi connectivity index (χ0n) is 14.2. The SMILES string of the molecule is CCOC(=O)N1CCCC[C@H](NC(=O)Nc2ccc3c(c2)OCO3)C1. The van der Waals surface area contributed by atoms with Gasteiger partial charge in [-0.05, 0) is 38.3 Å². The molecule has 1 fully saturated rings. The number of nitrogens with zero attached hydrogens (tertiary/aromatic N) is 1. The van der Waals surface area contributed by atoms with Crippen molar-refractivity contribution in [2.75, 3.05) is 31.8 Å². The van der Waals surface area contributed by atoms with Gasteiger partial charge in [0, 0.05) is 30.9 Å². The van der Waals surface area contributed by atoms with Crippen LogP contribution in [0.2, 0.25) is 0 Å². The van der Waals surface area contributed by atoms with Gasteiger partial charge in [-0.15, -0.1) is 0 Å². The van der Waals surface area contributed by atoms with Gasteiger partial charge in [0.1, 0.15) is 0 Å². The van der Waals surface area contributed by atoms with E-state index in [-0.39, 0.29) is 25.0 Å². The largest absolute Gasteiger partial charge is 0.454 e. The Kier molecular flexibility index (Phi) is 5.47. The maximum absolute atomic E-state index is 12.3. The quantitative estimate of drug-likeness (QED) is 0.875. The minimum absolute atomic E-state index is 0.110. The lowest BCUT2D eigenvalue weighted by Crippen LogP contribution is -2.46. The molecule has 0 bridgehead atoms. The smallest absolute Gasteiger partial charge is 0.409 e. The molecular weight excluding hydrogens is 326 g/mol. The van der Waals surface area contributed by atoms with E-state index >= 15 is 0 Å². The van der Waals surface area contributed by atoms with Crippen LogP contribution in [0.15, 0.2) is 18.2 Å². The number of rotatable bonds is 3. The lowest BCUT2D eigenvalue weighted by atomic mass is 10.1. The van der Waals surface area contributed by atoms with Gasteiger partial charge in [0.25, 0.3) is 0 Å². The van der Waals surface area contributed by atoms with Gasteiger partial charge in [-0.25, -0.2) is 9.59 Å². The minimum atomic E-state index is -0.327. The predicted octanol–water partition coefficient (Wildman–Crippen LogP) is 2.55. The third kappa shape index (κ3) is 4.46. The number of hydrogen-bond acceptors (Lipinski definition) is 5. The summed E-state index contributed by atoms with van der Waals surface area (Å²) in [5.41, 5.74) is 0.623. The Morgan fingerprint density at radius 1 is 1.28 bits per heavy atom. The van der Waals surface area contributed by atoms with Crippen molar-refractivity contribution in [2.24, 2.45) is 0 Å². The van der Waals surface area contributed by atoms with Crippen LogP contribution in [-0.4, -0.2) is 49.6 Å². The highest BCUT2D eigenvalue weighted by Gasteiger charge is 2.24. The van der Waals surface area contributed by atoms with E-state index in [1.54, 1.807) is 30.0 Å². The molecule has 2 aliphatic rings. The number of urea groups is 1. The molecule has 2 N–H and O–H groups in total. The van der Waals surface area contributed by atoms with Gasteiger partial charge in [-0.2, -0.15) is 0 Å². The Morgan fingerprint density at radius 2 is 2.12 bits per heavy atom. The second-order valence-corrected chi connectivity index (χ2v) is 6.00. The summed E-state index contributed by atoms with van der Waals surface area (Å²) in [5, 5.41) is 5.72. The number of benzene rings is 1. The number of anilines is 1. The van der Waals surface area contributed by atoms with E-state index in [2.05, 4.69) is 10.6 Å². The zero-order valence-corrected chi connectivity index (χ0v) is 14.2. The van der Waals surface area contributed by atoms with Crippen molar-refractivity contribution >= 4 is 17.8 Å². The molecule has 25 heavy (non-hydrogen) atoms. The Hall–Kier alpha value is -2.64. The third-order valence-electron chi connectivity index (χ3n) is 4.16. The van der Waals surface area contributed by atoms with Gasteiger partial charge >= 0.3 is 12.1 Å². The highest BCUT2D eigenvalue weighted by Crippen LogP contribution is 2.34. The molecule has 0 aromatic heterocycles. The van der Waals surface area contributed by atoms with Crippen LogP contribution in [0, 0.1) is 0 Å². The lowest BCUT2D eigenvalue weighted by molar-refractivity contribution is 0.106. The van der Waals surface area contributed by atoms with Crippen LogP contribution in [0.1, 0.15) is 26.2 Å². The minimum Gasteiger partial charge on any atom is -0.454 e. The summed E-state index contributed by atoms with van der Waals surface area (Å²) in [7, 11) is 0. The molecule has 0 aliphatic carbocycles. The van der Waals surface area contributed by atoms with Gasteiger partial charge in [0.05, 0.1) is 6.61 Å². The summed E-state index contributed by atoms with van der Waals surface area (Å²) in [4.78, 5) is 25.9. The van der Waals surface area contributed by atoms with Crippen molar-refractivity contribution in [3.63, 3.8) is 0 Å². The van der Waals surface area contributed by atoms with Gasteiger partial charge in [0.15, 0.2) is 11.5 Å². The van der Waals surface area contributed by atoms with Gasteiger partial charge < -0.3 is 29.7 Å². The average molecular weight is 349 g/mol. The number of fused-ring (bicyclic) bond motifs is 1. The van der Waals surface area contributed by atoms with E-state index in [9.17, 15) is 9.59 Å². The maximum Gasteiger partial charge on any atom is 0.409 e. The lowest BCUT2D eigenvalue weighted by Gasteiger charge is -2.24. The number of carbonyl (C=O) groups excluding carboxylic acids is 2. The molecule has 1 saturated heterocycles. The van der Waals surface area contributed by atoms with E-state index in [1.807, 2.05) is 0 Å². The first kappa shape index (κ1) is 17.2. The molecule has 0 radical (unpaired) electrons. The number of carbonyl (C=O) groups is 2. The molecule has 1 aromatic carbocycles. The predicted molar refractivity (Wildman–Crippen MR) is 91.0 cm³/mol. The molecule has 8 heteroatoms. The fourth-order valence-corrected chi connectivity index (χ4v) is 2.97. The monoisotopic (exact) mass is 349 g/mol. The Morgan fingerprint density at radius 3 is 2.96 bits per heavy atom. The number of likely N-dealkylation sites (tertiary alicyclic amines) is 1. The Balaban J connectivity index is 1.55. The van der Waals surface area contributed by atoms with E-state index in [0.29, 0.717) is 36.9 Å². The van der Waals surface area contributed by atoms with Gasteiger partial charge in [-0.1, -0.05) is 0 Å². The van der Waals surface area contributed by atoms with Crippen LogP contribution < -0.4 is 20.1 Å². The van der Waals surface area contributed by atoms with Crippen LogP contribution >= 0.6 is 0 Å². The van der Waals surface area contributed by atoms with Crippen molar-refractivity contribution in [1.29, 1.82) is 0 Å². The first-order chi connectivity index (χ1) is 12.2. The molecule has 1 atom stereocenters. The molecule has 1 aromatic rings.